The molecule has 0 aromatic heterocycles. The van der Waals surface area contributed by atoms with Crippen LogP contribution in [0.3, 0.4) is 0 Å². The number of carbonyl (C=O) groups is 1. The maximum Gasteiger partial charge on any atom is 0.140 e. The third-order valence-electron chi connectivity index (χ3n) is 3.27. The second-order valence-electron chi connectivity index (χ2n) is 4.09. The summed E-state index contributed by atoms with van der Waals surface area (Å²) in [4.78, 5) is 11.9. The van der Waals surface area contributed by atoms with Gasteiger partial charge < -0.3 is 5.32 Å². The minimum atomic E-state index is -0.00479. The molecule has 1 unspecified atom stereocenters. The lowest BCUT2D eigenvalue weighted by Gasteiger charge is -2.24. The molecular formula is C11H21NO. The van der Waals surface area contributed by atoms with Crippen molar-refractivity contribution in [2.24, 2.45) is 5.41 Å². The van der Waals surface area contributed by atoms with Crippen molar-refractivity contribution in [1.29, 1.82) is 0 Å². The van der Waals surface area contributed by atoms with Crippen molar-refractivity contribution in [2.75, 3.05) is 13.1 Å². The van der Waals surface area contributed by atoms with Crippen LogP contribution in [0.5, 0.6) is 0 Å². The lowest BCUT2D eigenvalue weighted by Crippen LogP contribution is -2.32. The molecule has 1 N–H and O–H groups in total. The van der Waals surface area contributed by atoms with Crippen LogP contribution in [0.2, 0.25) is 0 Å². The fourth-order valence-electron chi connectivity index (χ4n) is 2.08. The van der Waals surface area contributed by atoms with Crippen molar-refractivity contribution in [3.63, 3.8) is 0 Å². The van der Waals surface area contributed by atoms with Gasteiger partial charge in [-0.2, -0.15) is 0 Å². The first-order valence-electron chi connectivity index (χ1n) is 5.49. The highest BCUT2D eigenvalue weighted by atomic mass is 16.1. The smallest absolute Gasteiger partial charge is 0.140 e. The van der Waals surface area contributed by atoms with Crippen molar-refractivity contribution in [2.45, 2.75) is 46.0 Å². The number of carbonyl (C=O) groups excluding carboxylic acids is 1. The van der Waals surface area contributed by atoms with Crippen LogP contribution in [0.1, 0.15) is 46.0 Å². The monoisotopic (exact) mass is 183 g/mol. The summed E-state index contributed by atoms with van der Waals surface area (Å²) in [6, 6.07) is 0. The van der Waals surface area contributed by atoms with E-state index < -0.39 is 0 Å². The van der Waals surface area contributed by atoms with Gasteiger partial charge in [0.1, 0.15) is 5.78 Å². The van der Waals surface area contributed by atoms with E-state index >= 15 is 0 Å². The van der Waals surface area contributed by atoms with Gasteiger partial charge in [-0.3, -0.25) is 4.79 Å². The maximum absolute atomic E-state index is 11.9. The summed E-state index contributed by atoms with van der Waals surface area (Å²) in [5.41, 5.74) is -0.00479. The van der Waals surface area contributed by atoms with E-state index in [1.165, 1.54) is 0 Å². The zero-order valence-electron chi connectivity index (χ0n) is 8.86. The quantitative estimate of drug-likeness (QED) is 0.707. The molecule has 1 fully saturated rings. The lowest BCUT2D eigenvalue weighted by atomic mass is 9.78. The second kappa shape index (κ2) is 4.75. The van der Waals surface area contributed by atoms with Gasteiger partial charge in [-0.15, -0.1) is 0 Å². The number of rotatable bonds is 5. The van der Waals surface area contributed by atoms with Crippen LogP contribution >= 0.6 is 0 Å². The Balaban J connectivity index is 2.49. The van der Waals surface area contributed by atoms with Gasteiger partial charge in [0.2, 0.25) is 0 Å². The third-order valence-corrected chi connectivity index (χ3v) is 3.27. The normalized spacial score (nSPS) is 27.8. The molecule has 0 radical (unpaired) electrons. The molecule has 76 valence electrons. The third kappa shape index (κ3) is 2.31. The lowest BCUT2D eigenvalue weighted by molar-refractivity contribution is -0.128. The molecule has 2 nitrogen and oxygen atoms in total. The summed E-state index contributed by atoms with van der Waals surface area (Å²) in [6.07, 6.45) is 5.01. The first-order chi connectivity index (χ1) is 6.25. The fraction of sp³-hybridized carbons (Fsp3) is 0.909. The van der Waals surface area contributed by atoms with E-state index in [1.807, 2.05) is 0 Å². The Morgan fingerprint density at radius 1 is 1.46 bits per heavy atom. The minimum Gasteiger partial charge on any atom is -0.316 e. The van der Waals surface area contributed by atoms with Crippen LogP contribution in [0, 0.1) is 5.41 Å². The second-order valence-corrected chi connectivity index (χ2v) is 4.09. The molecule has 1 aliphatic rings. The average Bonchev–Trinajstić information content (AvgIpc) is 2.63. The van der Waals surface area contributed by atoms with Gasteiger partial charge in [0, 0.05) is 18.4 Å². The number of Topliss-reactive ketones (excluding diaryl/α,β-unsaturated/α-hetero) is 1. The summed E-state index contributed by atoms with van der Waals surface area (Å²) in [7, 11) is 0. The summed E-state index contributed by atoms with van der Waals surface area (Å²) in [6.45, 7) is 6.20. The molecule has 1 atom stereocenters. The van der Waals surface area contributed by atoms with Gasteiger partial charge in [-0.05, 0) is 25.8 Å². The highest BCUT2D eigenvalue weighted by Gasteiger charge is 2.38. The molecule has 0 saturated carbocycles. The molecule has 0 aromatic rings. The first kappa shape index (κ1) is 10.7. The van der Waals surface area contributed by atoms with Crippen molar-refractivity contribution < 1.29 is 4.79 Å². The average molecular weight is 183 g/mol. The number of hydrogen-bond donors (Lipinski definition) is 1. The van der Waals surface area contributed by atoms with Gasteiger partial charge >= 0.3 is 0 Å². The van der Waals surface area contributed by atoms with Crippen molar-refractivity contribution >= 4 is 5.78 Å². The van der Waals surface area contributed by atoms with Gasteiger partial charge in [0.25, 0.3) is 0 Å². The van der Waals surface area contributed by atoms with E-state index in [1.54, 1.807) is 0 Å². The maximum atomic E-state index is 11.9. The van der Waals surface area contributed by atoms with Crippen molar-refractivity contribution in [3.8, 4) is 0 Å². The largest absolute Gasteiger partial charge is 0.316 e. The van der Waals surface area contributed by atoms with Crippen LogP contribution in [-0.2, 0) is 4.79 Å². The Hall–Kier alpha value is -0.370. The molecule has 0 spiro atoms. The van der Waals surface area contributed by atoms with Gasteiger partial charge in [0.15, 0.2) is 0 Å². The molecule has 0 amide bonds. The first-order valence-corrected chi connectivity index (χ1v) is 5.49. The Bertz CT molecular complexity index is 171. The number of hydrogen-bond acceptors (Lipinski definition) is 2. The van der Waals surface area contributed by atoms with Gasteiger partial charge in [-0.1, -0.05) is 20.3 Å². The van der Waals surface area contributed by atoms with Crippen LogP contribution in [0.4, 0.5) is 0 Å². The molecule has 2 heteroatoms. The molecule has 1 saturated heterocycles. The van der Waals surface area contributed by atoms with E-state index in [9.17, 15) is 4.79 Å². The number of unbranched alkanes of at least 4 members (excludes halogenated alkanes) is 1. The van der Waals surface area contributed by atoms with E-state index in [0.717, 1.165) is 45.2 Å². The van der Waals surface area contributed by atoms with Gasteiger partial charge in [-0.25, -0.2) is 0 Å². The number of nitrogens with one attached hydrogen (secondary N) is 1. The molecule has 1 rings (SSSR count). The predicted molar refractivity (Wildman–Crippen MR) is 54.7 cm³/mol. The predicted octanol–water partition coefficient (Wildman–Crippen LogP) is 2.14. The fourth-order valence-corrected chi connectivity index (χ4v) is 2.08. The van der Waals surface area contributed by atoms with E-state index in [2.05, 4.69) is 19.2 Å². The number of ketones is 1. The van der Waals surface area contributed by atoms with E-state index in [0.29, 0.717) is 5.78 Å². The highest BCUT2D eigenvalue weighted by molar-refractivity contribution is 5.85. The summed E-state index contributed by atoms with van der Waals surface area (Å²) in [5, 5.41) is 3.30. The SMILES string of the molecule is CCCCC(=O)C1(CC)CCNC1. The zero-order chi connectivity index (χ0) is 9.73. The zero-order valence-corrected chi connectivity index (χ0v) is 8.86. The summed E-state index contributed by atoms with van der Waals surface area (Å²) >= 11 is 0. The molecule has 1 heterocycles. The summed E-state index contributed by atoms with van der Waals surface area (Å²) < 4.78 is 0. The van der Waals surface area contributed by atoms with E-state index in [4.69, 9.17) is 0 Å². The Labute approximate surface area is 81.1 Å². The van der Waals surface area contributed by atoms with Crippen LogP contribution in [0.25, 0.3) is 0 Å². The van der Waals surface area contributed by atoms with Crippen molar-refractivity contribution in [3.05, 3.63) is 0 Å². The highest BCUT2D eigenvalue weighted by Crippen LogP contribution is 2.32. The van der Waals surface area contributed by atoms with Crippen LogP contribution in [0.15, 0.2) is 0 Å². The topological polar surface area (TPSA) is 29.1 Å². The molecule has 13 heavy (non-hydrogen) atoms. The van der Waals surface area contributed by atoms with Crippen LogP contribution < -0.4 is 5.32 Å². The molecule has 0 aromatic carbocycles. The van der Waals surface area contributed by atoms with E-state index in [-0.39, 0.29) is 5.41 Å². The molecule has 0 bridgehead atoms. The minimum absolute atomic E-state index is 0.00479. The van der Waals surface area contributed by atoms with Gasteiger partial charge in [0.05, 0.1) is 0 Å². The Kier molecular flexibility index (Phi) is 3.91. The Morgan fingerprint density at radius 2 is 2.23 bits per heavy atom. The van der Waals surface area contributed by atoms with Crippen LogP contribution in [-0.4, -0.2) is 18.9 Å². The van der Waals surface area contributed by atoms with Crippen molar-refractivity contribution in [1.82, 2.24) is 5.32 Å². The molecule has 1 aliphatic heterocycles. The molecule has 0 aliphatic carbocycles. The Morgan fingerprint density at radius 3 is 2.69 bits per heavy atom. The summed E-state index contributed by atoms with van der Waals surface area (Å²) in [5.74, 6) is 0.488. The molecular weight excluding hydrogens is 162 g/mol. The standard InChI is InChI=1S/C11H21NO/c1-3-5-6-10(13)11(4-2)7-8-12-9-11/h12H,3-9H2,1-2H3.